The maximum atomic E-state index is 12.2. The Hall–Kier alpha value is -0.760. The lowest BCUT2D eigenvalue weighted by Gasteiger charge is -2.22. The highest BCUT2D eigenvalue weighted by atomic mass is 32.2. The van der Waals surface area contributed by atoms with Crippen molar-refractivity contribution in [3.8, 4) is 0 Å². The molecule has 20 heavy (non-hydrogen) atoms. The molecule has 0 saturated carbocycles. The van der Waals surface area contributed by atoms with Gasteiger partial charge in [0.1, 0.15) is 0 Å². The number of hydrogen-bond acceptors (Lipinski definition) is 5. The molecule has 0 amide bonds. The van der Waals surface area contributed by atoms with E-state index in [1.807, 2.05) is 12.1 Å². The van der Waals surface area contributed by atoms with E-state index >= 15 is 0 Å². The van der Waals surface area contributed by atoms with Crippen LogP contribution in [0.3, 0.4) is 0 Å². The summed E-state index contributed by atoms with van der Waals surface area (Å²) in [5, 5.41) is 9.21. The van der Waals surface area contributed by atoms with Crippen LogP contribution < -0.4 is 5.73 Å². The van der Waals surface area contributed by atoms with Crippen molar-refractivity contribution in [3.63, 3.8) is 0 Å². The van der Waals surface area contributed by atoms with Gasteiger partial charge >= 0.3 is 0 Å². The van der Waals surface area contributed by atoms with Crippen molar-refractivity contribution < 1.29 is 13.5 Å². The first-order valence-corrected chi connectivity index (χ1v) is 9.21. The minimum Gasteiger partial charge on any atom is -0.399 e. The molecule has 7 heteroatoms. The minimum atomic E-state index is -3.27. The van der Waals surface area contributed by atoms with Gasteiger partial charge in [0.25, 0.3) is 0 Å². The van der Waals surface area contributed by atoms with Crippen LogP contribution in [0.1, 0.15) is 12.8 Å². The summed E-state index contributed by atoms with van der Waals surface area (Å²) in [5.74, 6) is 0.597. The zero-order chi connectivity index (χ0) is 14.6. The van der Waals surface area contributed by atoms with E-state index in [0.29, 0.717) is 18.0 Å². The summed E-state index contributed by atoms with van der Waals surface area (Å²) in [6.45, 7) is 0.435. The maximum absolute atomic E-state index is 12.2. The van der Waals surface area contributed by atoms with Crippen LogP contribution in [0.2, 0.25) is 0 Å². The van der Waals surface area contributed by atoms with Gasteiger partial charge in [-0.3, -0.25) is 0 Å². The summed E-state index contributed by atoms with van der Waals surface area (Å²) in [5.41, 5.74) is 6.30. The largest absolute Gasteiger partial charge is 0.399 e. The molecule has 5 nitrogen and oxygen atoms in total. The van der Waals surface area contributed by atoms with Crippen molar-refractivity contribution in [3.05, 3.63) is 24.3 Å². The van der Waals surface area contributed by atoms with Crippen molar-refractivity contribution >= 4 is 27.5 Å². The normalized spacial score (nSPS) is 20.4. The van der Waals surface area contributed by atoms with Crippen LogP contribution in [0, 0.1) is 0 Å². The third-order valence-electron chi connectivity index (χ3n) is 3.38. The molecule has 3 N–H and O–H groups in total. The second-order valence-electron chi connectivity index (χ2n) is 4.82. The van der Waals surface area contributed by atoms with E-state index in [-0.39, 0.29) is 18.4 Å². The second kappa shape index (κ2) is 6.80. The summed E-state index contributed by atoms with van der Waals surface area (Å²) in [6, 6.07) is 7.15. The molecule has 0 spiro atoms. The van der Waals surface area contributed by atoms with E-state index in [0.717, 1.165) is 17.7 Å². The molecule has 1 heterocycles. The second-order valence-corrected chi connectivity index (χ2v) is 8.03. The van der Waals surface area contributed by atoms with Crippen molar-refractivity contribution in [1.82, 2.24) is 4.31 Å². The molecule has 1 aromatic carbocycles. The van der Waals surface area contributed by atoms with Gasteiger partial charge in [-0.25, -0.2) is 8.42 Å². The fourth-order valence-corrected chi connectivity index (χ4v) is 5.31. The van der Waals surface area contributed by atoms with Crippen LogP contribution in [0.4, 0.5) is 5.69 Å². The third kappa shape index (κ3) is 3.88. The Kier molecular flexibility index (Phi) is 5.31. The van der Waals surface area contributed by atoms with Crippen LogP contribution in [-0.4, -0.2) is 48.5 Å². The van der Waals surface area contributed by atoms with Gasteiger partial charge < -0.3 is 10.8 Å². The lowest BCUT2D eigenvalue weighted by atomic mass is 10.2. The van der Waals surface area contributed by atoms with Crippen molar-refractivity contribution in [2.24, 2.45) is 0 Å². The summed E-state index contributed by atoms with van der Waals surface area (Å²) >= 11 is 1.50. The topological polar surface area (TPSA) is 83.6 Å². The highest BCUT2D eigenvalue weighted by molar-refractivity contribution is 8.00. The number of thioether (sulfide) groups is 1. The van der Waals surface area contributed by atoms with Crippen molar-refractivity contribution in [2.45, 2.75) is 23.8 Å². The fraction of sp³-hybridized carbons (Fsp3) is 0.538. The highest BCUT2D eigenvalue weighted by Gasteiger charge is 2.33. The number of hydrogen-bond donors (Lipinski definition) is 2. The molecular formula is C13H20N2O3S2. The predicted octanol–water partition coefficient (Wildman–Crippen LogP) is 1.15. The highest BCUT2D eigenvalue weighted by Crippen LogP contribution is 2.23. The molecule has 1 fully saturated rings. The van der Waals surface area contributed by atoms with Crippen molar-refractivity contribution in [2.75, 3.05) is 30.4 Å². The Morgan fingerprint density at radius 2 is 2.05 bits per heavy atom. The van der Waals surface area contributed by atoms with E-state index in [4.69, 9.17) is 5.73 Å². The van der Waals surface area contributed by atoms with E-state index < -0.39 is 10.0 Å². The van der Waals surface area contributed by atoms with Crippen LogP contribution in [0.25, 0.3) is 0 Å². The van der Waals surface area contributed by atoms with E-state index in [9.17, 15) is 13.5 Å². The number of nitrogens with two attached hydrogens (primary N) is 1. The van der Waals surface area contributed by atoms with Crippen molar-refractivity contribution in [1.29, 1.82) is 0 Å². The molecule has 1 atom stereocenters. The zero-order valence-corrected chi connectivity index (χ0v) is 12.9. The first kappa shape index (κ1) is 15.6. The number of aliphatic hydroxyl groups is 1. The molecule has 0 aliphatic carbocycles. The quantitative estimate of drug-likeness (QED) is 0.607. The fourth-order valence-electron chi connectivity index (χ4n) is 2.30. The summed E-state index contributed by atoms with van der Waals surface area (Å²) in [6.07, 6.45) is 1.58. The minimum absolute atomic E-state index is 0.0929. The molecule has 0 aromatic heterocycles. The molecule has 0 radical (unpaired) electrons. The Balaban J connectivity index is 1.88. The molecule has 0 bridgehead atoms. The average Bonchev–Trinajstić information content (AvgIpc) is 2.90. The van der Waals surface area contributed by atoms with Gasteiger partial charge in [0, 0.05) is 28.9 Å². The number of anilines is 1. The monoisotopic (exact) mass is 316 g/mol. The Bertz CT molecular complexity index is 531. The van der Waals surface area contributed by atoms with E-state index in [1.54, 1.807) is 12.1 Å². The Morgan fingerprint density at radius 3 is 2.70 bits per heavy atom. The molecule has 1 saturated heterocycles. The maximum Gasteiger partial charge on any atom is 0.215 e. The summed E-state index contributed by atoms with van der Waals surface area (Å²) < 4.78 is 25.9. The van der Waals surface area contributed by atoms with Crippen LogP contribution in [-0.2, 0) is 10.0 Å². The molecule has 112 valence electrons. The summed E-state index contributed by atoms with van der Waals surface area (Å²) in [4.78, 5) is 1.01. The number of nitrogen functional groups attached to an aromatic ring is 1. The standard InChI is InChI=1S/C13H20N2O3S2/c14-11-3-5-13(6-4-11)19-8-9-20(17,18)15-7-1-2-12(15)10-16/h3-6,12,16H,1-2,7-10,14H2. The lowest BCUT2D eigenvalue weighted by Crippen LogP contribution is -2.39. The molecule has 1 unspecified atom stereocenters. The van der Waals surface area contributed by atoms with E-state index in [1.165, 1.54) is 16.1 Å². The molecular weight excluding hydrogens is 296 g/mol. The van der Waals surface area contributed by atoms with Gasteiger partial charge in [-0.15, -0.1) is 11.8 Å². The van der Waals surface area contributed by atoms with E-state index in [2.05, 4.69) is 0 Å². The number of sulfonamides is 1. The van der Waals surface area contributed by atoms with Crippen LogP contribution >= 0.6 is 11.8 Å². The van der Waals surface area contributed by atoms with Gasteiger partial charge in [-0.05, 0) is 37.1 Å². The van der Waals surface area contributed by atoms with Gasteiger partial charge in [-0.2, -0.15) is 4.31 Å². The molecule has 1 aromatic rings. The van der Waals surface area contributed by atoms with Gasteiger partial charge in [0.05, 0.1) is 12.4 Å². The SMILES string of the molecule is Nc1ccc(SCCS(=O)(=O)N2CCCC2CO)cc1. The first-order chi connectivity index (χ1) is 9.53. The Labute approximate surface area is 124 Å². The Morgan fingerprint density at radius 1 is 1.35 bits per heavy atom. The van der Waals surface area contributed by atoms with Crippen LogP contribution in [0.15, 0.2) is 29.2 Å². The third-order valence-corrected chi connectivity index (χ3v) is 6.57. The van der Waals surface area contributed by atoms with Gasteiger partial charge in [0.15, 0.2) is 0 Å². The van der Waals surface area contributed by atoms with Gasteiger partial charge in [0.2, 0.25) is 10.0 Å². The first-order valence-electron chi connectivity index (χ1n) is 6.61. The lowest BCUT2D eigenvalue weighted by molar-refractivity contribution is 0.213. The smallest absolute Gasteiger partial charge is 0.215 e. The average molecular weight is 316 g/mol. The van der Waals surface area contributed by atoms with Crippen LogP contribution in [0.5, 0.6) is 0 Å². The predicted molar refractivity (Wildman–Crippen MR) is 82.2 cm³/mol. The summed E-state index contributed by atoms with van der Waals surface area (Å²) in [7, 11) is -3.27. The number of rotatable bonds is 6. The zero-order valence-electron chi connectivity index (χ0n) is 11.2. The molecule has 1 aliphatic rings. The van der Waals surface area contributed by atoms with Gasteiger partial charge in [-0.1, -0.05) is 0 Å². The number of nitrogens with zero attached hydrogens (tertiary/aromatic N) is 1. The molecule has 1 aliphatic heterocycles. The molecule has 2 rings (SSSR count). The number of benzene rings is 1. The number of aliphatic hydroxyl groups excluding tert-OH is 1.